The van der Waals surface area contributed by atoms with Crippen molar-refractivity contribution in [1.29, 1.82) is 0 Å². The summed E-state index contributed by atoms with van der Waals surface area (Å²) in [6.45, 7) is 1.92. The second-order valence-electron chi connectivity index (χ2n) is 5.64. The van der Waals surface area contributed by atoms with E-state index in [1.165, 1.54) is 24.3 Å². The molecule has 1 atom stereocenters. The average molecular weight is 324 g/mol. The number of anilines is 2. The van der Waals surface area contributed by atoms with Gasteiger partial charge in [0.2, 0.25) is 5.91 Å². The lowest BCUT2D eigenvalue weighted by atomic mass is 10.1. The van der Waals surface area contributed by atoms with Crippen molar-refractivity contribution < 1.29 is 19.5 Å². The molecule has 6 nitrogen and oxygen atoms in total. The molecule has 24 heavy (non-hydrogen) atoms. The molecule has 0 radical (unpaired) electrons. The largest absolute Gasteiger partial charge is 0.478 e. The summed E-state index contributed by atoms with van der Waals surface area (Å²) in [5, 5.41) is 12.0. The van der Waals surface area contributed by atoms with Crippen LogP contribution in [0.5, 0.6) is 0 Å². The fraction of sp³-hybridized carbons (Fsp3) is 0.167. The number of hydrogen-bond acceptors (Lipinski definition) is 4. The van der Waals surface area contributed by atoms with Crippen molar-refractivity contribution in [3.8, 4) is 0 Å². The van der Waals surface area contributed by atoms with Crippen LogP contribution in [0.15, 0.2) is 48.5 Å². The van der Waals surface area contributed by atoms with E-state index < -0.39 is 12.0 Å². The van der Waals surface area contributed by atoms with Gasteiger partial charge in [0.05, 0.1) is 17.7 Å². The number of carbonyl (C=O) groups excluding carboxylic acids is 2. The second-order valence-corrected chi connectivity index (χ2v) is 5.64. The van der Waals surface area contributed by atoms with Gasteiger partial charge in [-0.3, -0.25) is 9.59 Å². The Kier molecular flexibility index (Phi) is 4.04. The third kappa shape index (κ3) is 2.86. The Hall–Kier alpha value is -3.15. The lowest BCUT2D eigenvalue weighted by molar-refractivity contribution is -0.121. The molecule has 0 bridgehead atoms. The molecule has 6 heteroatoms. The molecule has 1 saturated heterocycles. The molecule has 2 aromatic rings. The smallest absolute Gasteiger partial charge is 0.335 e. The Labute approximate surface area is 138 Å². The zero-order valence-electron chi connectivity index (χ0n) is 13.0. The Bertz CT molecular complexity index is 814. The summed E-state index contributed by atoms with van der Waals surface area (Å²) in [6, 6.07) is 12.6. The van der Waals surface area contributed by atoms with Crippen molar-refractivity contribution in [3.63, 3.8) is 0 Å². The molecular formula is C18H16N2O4. The molecule has 3 rings (SSSR count). The highest BCUT2D eigenvalue weighted by molar-refractivity contribution is 6.23. The molecule has 1 aliphatic rings. The predicted octanol–water partition coefficient (Wildman–Crippen LogP) is 2.44. The normalized spacial score (nSPS) is 17.2. The number of rotatable bonds is 4. The molecule has 1 heterocycles. The van der Waals surface area contributed by atoms with Crippen molar-refractivity contribution in [2.24, 2.45) is 0 Å². The summed E-state index contributed by atoms with van der Waals surface area (Å²) in [4.78, 5) is 36.8. The van der Waals surface area contributed by atoms with Gasteiger partial charge < -0.3 is 10.4 Å². The Balaban J connectivity index is 1.81. The van der Waals surface area contributed by atoms with Crippen molar-refractivity contribution in [2.45, 2.75) is 19.4 Å². The van der Waals surface area contributed by atoms with Crippen molar-refractivity contribution in [2.75, 3.05) is 10.2 Å². The van der Waals surface area contributed by atoms with Crippen LogP contribution in [-0.4, -0.2) is 28.9 Å². The van der Waals surface area contributed by atoms with Gasteiger partial charge in [0.1, 0.15) is 6.04 Å². The van der Waals surface area contributed by atoms with E-state index in [9.17, 15) is 14.4 Å². The first-order chi connectivity index (χ1) is 11.5. The zero-order chi connectivity index (χ0) is 17.3. The maximum absolute atomic E-state index is 12.6. The molecule has 2 amide bonds. The SMILES string of the molecule is Cc1ccccc1NC1CC(=O)N(c2ccc(C(=O)O)cc2)C1=O. The van der Waals surface area contributed by atoms with E-state index in [2.05, 4.69) is 5.32 Å². The summed E-state index contributed by atoms with van der Waals surface area (Å²) in [5.74, 6) is -1.71. The third-order valence-electron chi connectivity index (χ3n) is 3.99. The van der Waals surface area contributed by atoms with E-state index in [0.29, 0.717) is 5.69 Å². The maximum Gasteiger partial charge on any atom is 0.335 e. The van der Waals surface area contributed by atoms with Crippen LogP contribution >= 0.6 is 0 Å². The summed E-state index contributed by atoms with van der Waals surface area (Å²) >= 11 is 0. The van der Waals surface area contributed by atoms with Gasteiger partial charge in [-0.05, 0) is 42.8 Å². The number of aromatic carboxylic acids is 1. The average Bonchev–Trinajstić information content (AvgIpc) is 2.84. The highest BCUT2D eigenvalue weighted by atomic mass is 16.4. The van der Waals surface area contributed by atoms with Gasteiger partial charge in [-0.25, -0.2) is 9.69 Å². The number of para-hydroxylation sites is 1. The van der Waals surface area contributed by atoms with Gasteiger partial charge >= 0.3 is 5.97 Å². The van der Waals surface area contributed by atoms with Crippen molar-refractivity contribution >= 4 is 29.2 Å². The van der Waals surface area contributed by atoms with E-state index in [1.54, 1.807) is 0 Å². The molecular weight excluding hydrogens is 308 g/mol. The molecule has 1 fully saturated rings. The first-order valence-corrected chi connectivity index (χ1v) is 7.49. The lowest BCUT2D eigenvalue weighted by Crippen LogP contribution is -2.34. The molecule has 0 spiro atoms. The van der Waals surface area contributed by atoms with Gasteiger partial charge in [-0.1, -0.05) is 18.2 Å². The fourth-order valence-electron chi connectivity index (χ4n) is 2.69. The molecule has 1 unspecified atom stereocenters. The Morgan fingerprint density at radius 3 is 2.42 bits per heavy atom. The van der Waals surface area contributed by atoms with Gasteiger partial charge in [0, 0.05) is 5.69 Å². The highest BCUT2D eigenvalue weighted by Crippen LogP contribution is 2.26. The quantitative estimate of drug-likeness (QED) is 0.844. The van der Waals surface area contributed by atoms with Gasteiger partial charge in [0.15, 0.2) is 0 Å². The van der Waals surface area contributed by atoms with Crippen LogP contribution in [0.2, 0.25) is 0 Å². The minimum atomic E-state index is -1.06. The topological polar surface area (TPSA) is 86.7 Å². The first-order valence-electron chi connectivity index (χ1n) is 7.49. The number of amides is 2. The van der Waals surface area contributed by atoms with Crippen molar-refractivity contribution in [3.05, 3.63) is 59.7 Å². The van der Waals surface area contributed by atoms with Crippen LogP contribution in [0.1, 0.15) is 22.3 Å². The van der Waals surface area contributed by atoms with Crippen LogP contribution in [-0.2, 0) is 9.59 Å². The minimum absolute atomic E-state index is 0.0633. The first kappa shape index (κ1) is 15.7. The van der Waals surface area contributed by atoms with Crippen LogP contribution in [0.25, 0.3) is 0 Å². The predicted molar refractivity (Wildman–Crippen MR) is 89.1 cm³/mol. The maximum atomic E-state index is 12.6. The van der Waals surface area contributed by atoms with Gasteiger partial charge in [-0.2, -0.15) is 0 Å². The molecule has 2 aromatic carbocycles. The van der Waals surface area contributed by atoms with Gasteiger partial charge in [0.25, 0.3) is 5.91 Å². The Morgan fingerprint density at radius 1 is 1.12 bits per heavy atom. The molecule has 2 N–H and O–H groups in total. The van der Waals surface area contributed by atoms with Gasteiger partial charge in [-0.15, -0.1) is 0 Å². The summed E-state index contributed by atoms with van der Waals surface area (Å²) in [6.07, 6.45) is 0.0633. The Morgan fingerprint density at radius 2 is 1.79 bits per heavy atom. The number of carbonyl (C=O) groups is 3. The zero-order valence-corrected chi connectivity index (χ0v) is 13.0. The number of nitrogens with zero attached hydrogens (tertiary/aromatic N) is 1. The van der Waals surface area contributed by atoms with Crippen LogP contribution < -0.4 is 10.2 Å². The molecule has 122 valence electrons. The van der Waals surface area contributed by atoms with E-state index in [4.69, 9.17) is 5.11 Å². The standard InChI is InChI=1S/C18H16N2O4/c1-11-4-2-3-5-14(11)19-15-10-16(21)20(17(15)22)13-8-6-12(7-9-13)18(23)24/h2-9,15,19H,10H2,1H3,(H,23,24). The van der Waals surface area contributed by atoms with Crippen LogP contribution in [0.4, 0.5) is 11.4 Å². The number of nitrogens with one attached hydrogen (secondary N) is 1. The third-order valence-corrected chi connectivity index (χ3v) is 3.99. The van der Waals surface area contributed by atoms with E-state index in [1.807, 2.05) is 31.2 Å². The van der Waals surface area contributed by atoms with E-state index >= 15 is 0 Å². The number of carboxylic acid groups (broad SMARTS) is 1. The van der Waals surface area contributed by atoms with E-state index in [0.717, 1.165) is 16.2 Å². The van der Waals surface area contributed by atoms with Crippen LogP contribution in [0, 0.1) is 6.92 Å². The summed E-state index contributed by atoms with van der Waals surface area (Å²) < 4.78 is 0. The number of carboxylic acids is 1. The monoisotopic (exact) mass is 324 g/mol. The molecule has 0 aliphatic carbocycles. The molecule has 0 saturated carbocycles. The van der Waals surface area contributed by atoms with Crippen molar-refractivity contribution in [1.82, 2.24) is 0 Å². The number of aryl methyl sites for hydroxylation is 1. The number of benzene rings is 2. The number of imide groups is 1. The molecule has 0 aromatic heterocycles. The van der Waals surface area contributed by atoms with E-state index in [-0.39, 0.29) is 23.8 Å². The summed E-state index contributed by atoms with van der Waals surface area (Å²) in [7, 11) is 0. The second kappa shape index (κ2) is 6.16. The lowest BCUT2D eigenvalue weighted by Gasteiger charge is -2.17. The fourth-order valence-corrected chi connectivity index (χ4v) is 2.69. The number of hydrogen-bond donors (Lipinski definition) is 2. The highest BCUT2D eigenvalue weighted by Gasteiger charge is 2.39. The van der Waals surface area contributed by atoms with Crippen LogP contribution in [0.3, 0.4) is 0 Å². The minimum Gasteiger partial charge on any atom is -0.478 e. The molecule has 1 aliphatic heterocycles. The summed E-state index contributed by atoms with van der Waals surface area (Å²) in [5.41, 5.74) is 2.28.